The first-order valence-corrected chi connectivity index (χ1v) is 6.62. The Bertz CT molecular complexity index is 533. The first-order valence-electron chi connectivity index (χ1n) is 6.62. The number of aromatic nitrogens is 1. The van der Waals surface area contributed by atoms with E-state index in [4.69, 9.17) is 0 Å². The highest BCUT2D eigenvalue weighted by molar-refractivity contribution is 5.90. The lowest BCUT2D eigenvalue weighted by Crippen LogP contribution is -2.31. The Morgan fingerprint density at radius 1 is 1.33 bits per heavy atom. The van der Waals surface area contributed by atoms with Crippen LogP contribution in [-0.2, 0) is 0 Å². The lowest BCUT2D eigenvalue weighted by atomic mass is 10.1. The summed E-state index contributed by atoms with van der Waals surface area (Å²) >= 11 is 0. The third-order valence-electron chi connectivity index (χ3n) is 3.85. The van der Waals surface area contributed by atoms with Gasteiger partial charge in [-0.3, -0.25) is 4.98 Å². The zero-order valence-electron chi connectivity index (χ0n) is 10.8. The molecule has 1 unspecified atom stereocenters. The van der Waals surface area contributed by atoms with E-state index in [-0.39, 0.29) is 0 Å². The van der Waals surface area contributed by atoms with Gasteiger partial charge in [0.25, 0.3) is 0 Å². The van der Waals surface area contributed by atoms with Crippen molar-refractivity contribution in [2.45, 2.75) is 18.9 Å². The maximum Gasteiger partial charge on any atom is 0.0722 e. The van der Waals surface area contributed by atoms with E-state index in [0.29, 0.717) is 6.04 Å². The molecule has 0 bridgehead atoms. The Morgan fingerprint density at radius 2 is 2.22 bits per heavy atom. The average Bonchev–Trinajstić information content (AvgIpc) is 2.82. The van der Waals surface area contributed by atoms with Crippen LogP contribution in [0.5, 0.6) is 0 Å². The molecule has 1 saturated heterocycles. The normalized spacial score (nSPS) is 20.4. The van der Waals surface area contributed by atoms with Crippen LogP contribution >= 0.6 is 0 Å². The zero-order chi connectivity index (χ0) is 12.4. The molecular formula is C15H19N3. The van der Waals surface area contributed by atoms with E-state index in [2.05, 4.69) is 46.5 Å². The molecule has 0 aliphatic carbocycles. The molecule has 0 saturated carbocycles. The molecule has 1 aliphatic rings. The van der Waals surface area contributed by atoms with E-state index in [1.807, 2.05) is 12.3 Å². The summed E-state index contributed by atoms with van der Waals surface area (Å²) in [5, 5.41) is 4.79. The molecule has 18 heavy (non-hydrogen) atoms. The van der Waals surface area contributed by atoms with E-state index >= 15 is 0 Å². The van der Waals surface area contributed by atoms with Gasteiger partial charge < -0.3 is 10.2 Å². The molecule has 0 spiro atoms. The van der Waals surface area contributed by atoms with Crippen LogP contribution in [0.15, 0.2) is 36.5 Å². The van der Waals surface area contributed by atoms with Crippen molar-refractivity contribution in [3.8, 4) is 0 Å². The molecule has 1 aromatic carbocycles. The zero-order valence-corrected chi connectivity index (χ0v) is 10.8. The van der Waals surface area contributed by atoms with Gasteiger partial charge in [-0.25, -0.2) is 0 Å². The van der Waals surface area contributed by atoms with Gasteiger partial charge >= 0.3 is 0 Å². The Hall–Kier alpha value is -1.61. The molecule has 1 fully saturated rings. The van der Waals surface area contributed by atoms with Crippen molar-refractivity contribution < 1.29 is 0 Å². The van der Waals surface area contributed by atoms with Crippen molar-refractivity contribution in [3.63, 3.8) is 0 Å². The molecule has 0 amide bonds. The van der Waals surface area contributed by atoms with Crippen LogP contribution in [0, 0.1) is 0 Å². The number of rotatable bonds is 3. The number of pyridine rings is 1. The van der Waals surface area contributed by atoms with Gasteiger partial charge in [0, 0.05) is 29.9 Å². The fourth-order valence-corrected chi connectivity index (χ4v) is 2.71. The number of likely N-dealkylation sites (N-methyl/N-ethyl adjacent to an activating group) is 1. The first-order chi connectivity index (χ1) is 8.84. The third kappa shape index (κ3) is 2.18. The van der Waals surface area contributed by atoms with Gasteiger partial charge in [-0.1, -0.05) is 18.2 Å². The predicted molar refractivity (Wildman–Crippen MR) is 75.9 cm³/mol. The van der Waals surface area contributed by atoms with Crippen molar-refractivity contribution in [2.24, 2.45) is 0 Å². The highest BCUT2D eigenvalue weighted by atomic mass is 15.2. The SMILES string of the molecule is CN1CCCC1CNc1ccnc2ccccc12. The molecule has 1 aromatic heterocycles. The van der Waals surface area contributed by atoms with Crippen molar-refractivity contribution in [3.05, 3.63) is 36.5 Å². The van der Waals surface area contributed by atoms with Gasteiger partial charge in [0.1, 0.15) is 0 Å². The molecule has 1 N–H and O–H groups in total. The lowest BCUT2D eigenvalue weighted by Gasteiger charge is -2.20. The van der Waals surface area contributed by atoms with Crippen LogP contribution < -0.4 is 5.32 Å². The number of para-hydroxylation sites is 1. The van der Waals surface area contributed by atoms with Crippen LogP contribution in [-0.4, -0.2) is 36.1 Å². The highest BCUT2D eigenvalue weighted by Crippen LogP contribution is 2.22. The van der Waals surface area contributed by atoms with Gasteiger partial charge in [0.05, 0.1) is 5.52 Å². The van der Waals surface area contributed by atoms with Crippen molar-refractivity contribution in [1.29, 1.82) is 0 Å². The molecule has 94 valence electrons. The van der Waals surface area contributed by atoms with E-state index in [1.54, 1.807) is 0 Å². The highest BCUT2D eigenvalue weighted by Gasteiger charge is 2.20. The number of likely N-dealkylation sites (tertiary alicyclic amines) is 1. The Labute approximate surface area is 108 Å². The van der Waals surface area contributed by atoms with Gasteiger partial charge in [-0.15, -0.1) is 0 Å². The van der Waals surface area contributed by atoms with E-state index in [1.165, 1.54) is 30.5 Å². The Morgan fingerprint density at radius 3 is 3.06 bits per heavy atom. The standard InChI is InChI=1S/C15H19N3/c1-18-10-4-5-12(18)11-17-15-8-9-16-14-7-3-2-6-13(14)15/h2-3,6-9,12H,4-5,10-11H2,1H3,(H,16,17). The van der Waals surface area contributed by atoms with Gasteiger partial charge in [0.15, 0.2) is 0 Å². The third-order valence-corrected chi connectivity index (χ3v) is 3.85. The number of hydrogen-bond acceptors (Lipinski definition) is 3. The number of benzene rings is 1. The summed E-state index contributed by atoms with van der Waals surface area (Å²) in [6.45, 7) is 2.24. The number of fused-ring (bicyclic) bond motifs is 1. The second-order valence-corrected chi connectivity index (χ2v) is 5.03. The Balaban J connectivity index is 1.78. The second kappa shape index (κ2) is 4.94. The van der Waals surface area contributed by atoms with Crippen LogP contribution in [0.3, 0.4) is 0 Å². The molecule has 2 aromatic rings. The molecule has 3 nitrogen and oxygen atoms in total. The topological polar surface area (TPSA) is 28.2 Å². The minimum Gasteiger partial charge on any atom is -0.383 e. The van der Waals surface area contributed by atoms with Crippen LogP contribution in [0.4, 0.5) is 5.69 Å². The first kappa shape index (κ1) is 11.5. The number of nitrogens with zero attached hydrogens (tertiary/aromatic N) is 2. The number of anilines is 1. The minimum absolute atomic E-state index is 0.664. The molecule has 1 atom stereocenters. The van der Waals surface area contributed by atoms with Crippen LogP contribution in [0.25, 0.3) is 10.9 Å². The Kier molecular flexibility index (Phi) is 3.15. The maximum atomic E-state index is 4.39. The summed E-state index contributed by atoms with van der Waals surface area (Å²) < 4.78 is 0. The summed E-state index contributed by atoms with van der Waals surface area (Å²) in [5.41, 5.74) is 2.25. The molecule has 3 rings (SSSR count). The average molecular weight is 241 g/mol. The smallest absolute Gasteiger partial charge is 0.0722 e. The monoisotopic (exact) mass is 241 g/mol. The summed E-state index contributed by atoms with van der Waals surface area (Å²) in [4.78, 5) is 6.83. The molecular weight excluding hydrogens is 222 g/mol. The summed E-state index contributed by atoms with van der Waals surface area (Å²) in [5.74, 6) is 0. The maximum absolute atomic E-state index is 4.39. The molecule has 3 heteroatoms. The fourth-order valence-electron chi connectivity index (χ4n) is 2.71. The predicted octanol–water partition coefficient (Wildman–Crippen LogP) is 2.74. The second-order valence-electron chi connectivity index (χ2n) is 5.03. The largest absolute Gasteiger partial charge is 0.383 e. The quantitative estimate of drug-likeness (QED) is 0.895. The summed E-state index contributed by atoms with van der Waals surface area (Å²) in [6.07, 6.45) is 4.50. The van der Waals surface area contributed by atoms with Crippen molar-refractivity contribution in [2.75, 3.05) is 25.5 Å². The molecule has 0 radical (unpaired) electrons. The fraction of sp³-hybridized carbons (Fsp3) is 0.400. The number of nitrogens with one attached hydrogen (secondary N) is 1. The van der Waals surface area contributed by atoms with E-state index in [0.717, 1.165) is 12.1 Å². The molecule has 2 heterocycles. The van der Waals surface area contributed by atoms with Crippen molar-refractivity contribution >= 4 is 16.6 Å². The summed E-state index contributed by atoms with van der Waals surface area (Å²) in [7, 11) is 2.21. The minimum atomic E-state index is 0.664. The van der Waals surface area contributed by atoms with E-state index < -0.39 is 0 Å². The lowest BCUT2D eigenvalue weighted by molar-refractivity contribution is 0.322. The van der Waals surface area contributed by atoms with Crippen LogP contribution in [0.1, 0.15) is 12.8 Å². The molecule has 1 aliphatic heterocycles. The van der Waals surface area contributed by atoms with Gasteiger partial charge in [0.2, 0.25) is 0 Å². The number of hydrogen-bond donors (Lipinski definition) is 1. The van der Waals surface area contributed by atoms with E-state index in [9.17, 15) is 0 Å². The van der Waals surface area contributed by atoms with Gasteiger partial charge in [-0.2, -0.15) is 0 Å². The summed E-state index contributed by atoms with van der Waals surface area (Å²) in [6, 6.07) is 11.0. The van der Waals surface area contributed by atoms with Crippen molar-refractivity contribution in [1.82, 2.24) is 9.88 Å². The van der Waals surface area contributed by atoms with Gasteiger partial charge in [-0.05, 0) is 38.6 Å². The van der Waals surface area contributed by atoms with Crippen LogP contribution in [0.2, 0.25) is 0 Å².